The highest BCUT2D eigenvalue weighted by atomic mass is 16.1. The lowest BCUT2D eigenvalue weighted by atomic mass is 10.2. The normalized spacial score (nSPS) is 10.8. The van der Waals surface area contributed by atoms with Gasteiger partial charge in [-0.05, 0) is 47.9 Å². The summed E-state index contributed by atoms with van der Waals surface area (Å²) < 4.78 is 1.76. The van der Waals surface area contributed by atoms with E-state index in [0.29, 0.717) is 12.1 Å². The summed E-state index contributed by atoms with van der Waals surface area (Å²) in [5, 5.41) is 8.25. The van der Waals surface area contributed by atoms with Gasteiger partial charge in [0.2, 0.25) is 0 Å². The van der Waals surface area contributed by atoms with Crippen molar-refractivity contribution in [3.63, 3.8) is 0 Å². The maximum Gasteiger partial charge on any atom is 0.251 e. The lowest BCUT2D eigenvalue weighted by molar-refractivity contribution is 0.0950. The number of para-hydroxylation sites is 1. The van der Waals surface area contributed by atoms with E-state index in [2.05, 4.69) is 21.5 Å². The number of carbonyl (C=O) groups excluding carboxylic acids is 1. The summed E-state index contributed by atoms with van der Waals surface area (Å²) >= 11 is 0. The van der Waals surface area contributed by atoms with Crippen molar-refractivity contribution in [2.24, 2.45) is 0 Å². The van der Waals surface area contributed by atoms with Gasteiger partial charge in [0.25, 0.3) is 5.91 Å². The van der Waals surface area contributed by atoms with Gasteiger partial charge in [-0.15, -0.1) is 0 Å². The fraction of sp³-hybridized carbons (Fsp3) is 0.0526. The van der Waals surface area contributed by atoms with Crippen LogP contribution in [0, 0.1) is 0 Å². The van der Waals surface area contributed by atoms with Crippen molar-refractivity contribution in [3.05, 3.63) is 84.3 Å². The van der Waals surface area contributed by atoms with E-state index >= 15 is 0 Å². The van der Waals surface area contributed by atoms with Gasteiger partial charge in [0.15, 0.2) is 0 Å². The molecule has 5 nitrogen and oxygen atoms in total. The van der Waals surface area contributed by atoms with E-state index in [0.717, 1.165) is 22.3 Å². The summed E-state index contributed by atoms with van der Waals surface area (Å²) in [6.07, 6.45) is 3.59. The highest BCUT2D eigenvalue weighted by molar-refractivity contribution is 5.94. The Bertz CT molecular complexity index is 935. The molecule has 5 heteroatoms. The molecule has 0 aliphatic carbocycles. The number of benzene rings is 2. The number of aromatic amines is 1. The van der Waals surface area contributed by atoms with Crippen molar-refractivity contribution in [1.82, 2.24) is 20.1 Å². The van der Waals surface area contributed by atoms with Gasteiger partial charge in [0, 0.05) is 29.2 Å². The molecule has 0 bridgehead atoms. The third-order valence-electron chi connectivity index (χ3n) is 3.92. The van der Waals surface area contributed by atoms with Gasteiger partial charge in [-0.2, -0.15) is 5.10 Å². The van der Waals surface area contributed by atoms with Crippen molar-refractivity contribution in [1.29, 1.82) is 0 Å². The summed E-state index contributed by atoms with van der Waals surface area (Å²) in [5.74, 6) is -0.0966. The number of fused-ring (bicyclic) bond motifs is 1. The molecule has 2 aromatic heterocycles. The maximum atomic E-state index is 12.3. The molecule has 0 atom stereocenters. The first-order chi connectivity index (χ1) is 11.8. The largest absolute Gasteiger partial charge is 0.357 e. The number of hydrogen-bond acceptors (Lipinski definition) is 2. The third-order valence-corrected chi connectivity index (χ3v) is 3.92. The Balaban J connectivity index is 1.44. The Morgan fingerprint density at radius 1 is 1.08 bits per heavy atom. The SMILES string of the molecule is O=C(NCc1cc2ccccc2[nH]1)c1ccc(-n2cccn2)cc1. The standard InChI is InChI=1S/C19H16N4O/c24-19(14-6-8-17(9-7-14)23-11-3-10-21-23)20-13-16-12-15-4-1-2-5-18(15)22-16/h1-12,22H,13H2,(H,20,24). The molecule has 0 fully saturated rings. The summed E-state index contributed by atoms with van der Waals surface area (Å²) in [6.45, 7) is 0.467. The van der Waals surface area contributed by atoms with Crippen LogP contribution in [0.1, 0.15) is 16.1 Å². The van der Waals surface area contributed by atoms with E-state index in [4.69, 9.17) is 0 Å². The minimum atomic E-state index is -0.0966. The average Bonchev–Trinajstić information content (AvgIpc) is 3.29. The predicted octanol–water partition coefficient (Wildman–Crippen LogP) is 3.28. The van der Waals surface area contributed by atoms with Gasteiger partial charge in [0.1, 0.15) is 0 Å². The lowest BCUT2D eigenvalue weighted by Crippen LogP contribution is -2.22. The van der Waals surface area contributed by atoms with E-state index in [9.17, 15) is 4.79 Å². The molecule has 2 aromatic carbocycles. The van der Waals surface area contributed by atoms with Crippen LogP contribution in [0.15, 0.2) is 73.1 Å². The number of carbonyl (C=O) groups is 1. The molecule has 0 saturated carbocycles. The van der Waals surface area contributed by atoms with Crippen molar-refractivity contribution >= 4 is 16.8 Å². The first kappa shape index (κ1) is 14.3. The topological polar surface area (TPSA) is 62.7 Å². The third kappa shape index (κ3) is 2.79. The fourth-order valence-corrected chi connectivity index (χ4v) is 2.69. The number of amides is 1. The molecule has 0 saturated heterocycles. The first-order valence-electron chi connectivity index (χ1n) is 7.74. The van der Waals surface area contributed by atoms with Crippen LogP contribution in [0.4, 0.5) is 0 Å². The Hall–Kier alpha value is -3.34. The van der Waals surface area contributed by atoms with Crippen molar-refractivity contribution in [2.45, 2.75) is 6.54 Å². The van der Waals surface area contributed by atoms with Crippen LogP contribution < -0.4 is 5.32 Å². The zero-order valence-corrected chi connectivity index (χ0v) is 12.9. The molecule has 0 unspecified atom stereocenters. The zero-order valence-electron chi connectivity index (χ0n) is 12.9. The molecular weight excluding hydrogens is 300 g/mol. The summed E-state index contributed by atoms with van der Waals surface area (Å²) in [6, 6.07) is 19.3. The molecule has 0 aliphatic heterocycles. The van der Waals surface area contributed by atoms with Crippen LogP contribution in [0.3, 0.4) is 0 Å². The molecule has 2 N–H and O–H groups in total. The molecule has 2 heterocycles. The lowest BCUT2D eigenvalue weighted by Gasteiger charge is -2.05. The van der Waals surface area contributed by atoms with Crippen LogP contribution in [0.25, 0.3) is 16.6 Å². The number of aromatic nitrogens is 3. The number of H-pyrrole nitrogens is 1. The molecule has 1 amide bonds. The van der Waals surface area contributed by atoms with E-state index in [-0.39, 0.29) is 5.91 Å². The molecule has 0 aliphatic rings. The molecule has 4 rings (SSSR count). The van der Waals surface area contributed by atoms with Crippen molar-refractivity contribution < 1.29 is 4.79 Å². The maximum absolute atomic E-state index is 12.3. The highest BCUT2D eigenvalue weighted by Crippen LogP contribution is 2.14. The van der Waals surface area contributed by atoms with Gasteiger partial charge < -0.3 is 10.3 Å². The second kappa shape index (κ2) is 6.04. The van der Waals surface area contributed by atoms with Gasteiger partial charge in [0.05, 0.1) is 12.2 Å². The molecule has 24 heavy (non-hydrogen) atoms. The average molecular weight is 316 g/mol. The second-order valence-electron chi connectivity index (χ2n) is 5.56. The minimum absolute atomic E-state index is 0.0966. The van der Waals surface area contributed by atoms with E-state index in [1.54, 1.807) is 23.0 Å². The fourth-order valence-electron chi connectivity index (χ4n) is 2.69. The Labute approximate surface area is 138 Å². The Morgan fingerprint density at radius 2 is 1.92 bits per heavy atom. The minimum Gasteiger partial charge on any atom is -0.357 e. The number of hydrogen-bond donors (Lipinski definition) is 2. The van der Waals surface area contributed by atoms with Gasteiger partial charge >= 0.3 is 0 Å². The predicted molar refractivity (Wildman–Crippen MR) is 93.0 cm³/mol. The number of rotatable bonds is 4. The molecule has 118 valence electrons. The molecule has 0 spiro atoms. The van der Waals surface area contributed by atoms with Crippen LogP contribution in [0.5, 0.6) is 0 Å². The van der Waals surface area contributed by atoms with E-state index in [1.165, 1.54) is 0 Å². The van der Waals surface area contributed by atoms with E-state index < -0.39 is 0 Å². The smallest absolute Gasteiger partial charge is 0.251 e. The Morgan fingerprint density at radius 3 is 2.67 bits per heavy atom. The quantitative estimate of drug-likeness (QED) is 0.607. The van der Waals surface area contributed by atoms with Gasteiger partial charge in [-0.1, -0.05) is 18.2 Å². The molecular formula is C19H16N4O. The molecule has 4 aromatic rings. The van der Waals surface area contributed by atoms with Crippen LogP contribution in [0.2, 0.25) is 0 Å². The van der Waals surface area contributed by atoms with Gasteiger partial charge in [-0.25, -0.2) is 4.68 Å². The monoisotopic (exact) mass is 316 g/mol. The highest BCUT2D eigenvalue weighted by Gasteiger charge is 2.07. The molecule has 0 radical (unpaired) electrons. The van der Waals surface area contributed by atoms with Crippen LogP contribution in [-0.4, -0.2) is 20.7 Å². The van der Waals surface area contributed by atoms with Crippen molar-refractivity contribution in [3.8, 4) is 5.69 Å². The van der Waals surface area contributed by atoms with Gasteiger partial charge in [-0.3, -0.25) is 4.79 Å². The summed E-state index contributed by atoms with van der Waals surface area (Å²) in [7, 11) is 0. The van der Waals surface area contributed by atoms with Crippen LogP contribution >= 0.6 is 0 Å². The number of nitrogens with one attached hydrogen (secondary N) is 2. The second-order valence-corrected chi connectivity index (χ2v) is 5.56. The van der Waals surface area contributed by atoms with E-state index in [1.807, 2.05) is 48.7 Å². The Kier molecular flexibility index (Phi) is 3.59. The summed E-state index contributed by atoms with van der Waals surface area (Å²) in [5.41, 5.74) is 3.61. The first-order valence-corrected chi connectivity index (χ1v) is 7.74. The van der Waals surface area contributed by atoms with Crippen LogP contribution in [-0.2, 0) is 6.54 Å². The van der Waals surface area contributed by atoms with Crippen molar-refractivity contribution in [2.75, 3.05) is 0 Å². The summed E-state index contributed by atoms with van der Waals surface area (Å²) in [4.78, 5) is 15.6. The zero-order chi connectivity index (χ0) is 16.4. The number of nitrogens with zero attached hydrogens (tertiary/aromatic N) is 2.